The maximum absolute atomic E-state index is 12.0. The minimum Gasteiger partial charge on any atom is -0.358 e. The number of nitrogens with one attached hydrogen (secondary N) is 2. The van der Waals surface area contributed by atoms with Crippen LogP contribution in [-0.4, -0.2) is 48.8 Å². The number of nitrogens with zero attached hydrogens (tertiary/aromatic N) is 1. The lowest BCUT2D eigenvalue weighted by Crippen LogP contribution is -2.46. The maximum Gasteiger partial charge on any atom is 0.239 e. The Bertz CT molecular complexity index is 328. The second-order valence-corrected chi connectivity index (χ2v) is 5.24. The second-order valence-electron chi connectivity index (χ2n) is 5.24. The second kappa shape index (κ2) is 12.2. The van der Waals surface area contributed by atoms with Gasteiger partial charge in [0.25, 0.3) is 0 Å². The van der Waals surface area contributed by atoms with Crippen LogP contribution in [0.2, 0.25) is 0 Å². The summed E-state index contributed by atoms with van der Waals surface area (Å²) in [5.41, 5.74) is 0. The van der Waals surface area contributed by atoms with E-state index in [2.05, 4.69) is 10.6 Å². The fourth-order valence-electron chi connectivity index (χ4n) is 1.50. The van der Waals surface area contributed by atoms with E-state index in [-0.39, 0.29) is 42.8 Å². The highest BCUT2D eigenvalue weighted by Gasteiger charge is 2.20. The van der Waals surface area contributed by atoms with Crippen LogP contribution in [0.1, 0.15) is 48.0 Å². The first-order valence-corrected chi connectivity index (χ1v) is 7.54. The van der Waals surface area contributed by atoms with Crippen molar-refractivity contribution in [3.05, 3.63) is 0 Å². The van der Waals surface area contributed by atoms with Crippen LogP contribution in [0.5, 0.6) is 0 Å². The molecule has 0 heterocycles. The van der Waals surface area contributed by atoms with Crippen LogP contribution in [0, 0.1) is 5.92 Å². The minimum atomic E-state index is -0.283. The summed E-state index contributed by atoms with van der Waals surface area (Å²) in [6, 6.07) is 0.00884. The van der Waals surface area contributed by atoms with Crippen molar-refractivity contribution in [3.8, 4) is 0 Å². The molecule has 0 aliphatic carbocycles. The third-order valence-corrected chi connectivity index (χ3v) is 2.33. The Morgan fingerprint density at radius 2 is 1.43 bits per heavy atom. The topological polar surface area (TPSA) is 78.5 Å². The van der Waals surface area contributed by atoms with E-state index in [0.717, 1.165) is 0 Å². The summed E-state index contributed by atoms with van der Waals surface area (Å²) >= 11 is 0. The van der Waals surface area contributed by atoms with Gasteiger partial charge in [-0.05, 0) is 19.8 Å². The van der Waals surface area contributed by atoms with Crippen molar-refractivity contribution in [1.29, 1.82) is 0 Å². The number of carbonyl (C=O) groups is 3. The van der Waals surface area contributed by atoms with Crippen molar-refractivity contribution in [2.45, 2.75) is 54.0 Å². The van der Waals surface area contributed by atoms with Gasteiger partial charge in [-0.25, -0.2) is 0 Å². The normalized spacial score (nSPS) is 9.76. The SMILES string of the molecule is CC.CNC(=O)CN(CC(=O)NC(C)C)C(=O)CC(C)C. The van der Waals surface area contributed by atoms with Gasteiger partial charge in [0.1, 0.15) is 13.1 Å². The lowest BCUT2D eigenvalue weighted by Gasteiger charge is -2.22. The number of carbonyl (C=O) groups excluding carboxylic acids is 3. The van der Waals surface area contributed by atoms with E-state index in [9.17, 15) is 14.4 Å². The molecule has 0 saturated heterocycles. The van der Waals surface area contributed by atoms with Gasteiger partial charge in [0.2, 0.25) is 17.7 Å². The summed E-state index contributed by atoms with van der Waals surface area (Å²) in [7, 11) is 1.50. The van der Waals surface area contributed by atoms with Gasteiger partial charge in [0, 0.05) is 19.5 Å². The maximum atomic E-state index is 12.0. The average molecular weight is 301 g/mol. The Morgan fingerprint density at radius 3 is 1.81 bits per heavy atom. The van der Waals surface area contributed by atoms with Gasteiger partial charge in [-0.3, -0.25) is 14.4 Å². The van der Waals surface area contributed by atoms with Crippen molar-refractivity contribution in [2.75, 3.05) is 20.1 Å². The zero-order valence-corrected chi connectivity index (χ0v) is 14.4. The smallest absolute Gasteiger partial charge is 0.239 e. The van der Waals surface area contributed by atoms with Gasteiger partial charge in [-0.15, -0.1) is 0 Å². The summed E-state index contributed by atoms with van der Waals surface area (Å²) < 4.78 is 0. The first-order chi connectivity index (χ1) is 9.76. The lowest BCUT2D eigenvalue weighted by molar-refractivity contribution is -0.139. The summed E-state index contributed by atoms with van der Waals surface area (Å²) in [6.07, 6.45) is 0.325. The molecule has 0 aromatic heterocycles. The molecule has 3 amide bonds. The average Bonchev–Trinajstić information content (AvgIpc) is 2.38. The van der Waals surface area contributed by atoms with Gasteiger partial charge in [0.05, 0.1) is 0 Å². The molecule has 0 bridgehead atoms. The van der Waals surface area contributed by atoms with E-state index < -0.39 is 0 Å². The molecule has 0 aromatic carbocycles. The van der Waals surface area contributed by atoms with E-state index >= 15 is 0 Å². The standard InChI is InChI=1S/C13H25N3O3.C2H6/c1-9(2)6-13(19)16(7-11(17)14-5)8-12(18)15-10(3)4;1-2/h9-10H,6-8H2,1-5H3,(H,14,17)(H,15,18);1-2H3. The van der Waals surface area contributed by atoms with E-state index in [4.69, 9.17) is 0 Å². The highest BCUT2D eigenvalue weighted by molar-refractivity contribution is 5.89. The molecular weight excluding hydrogens is 270 g/mol. The molecule has 0 saturated carbocycles. The van der Waals surface area contributed by atoms with Crippen LogP contribution < -0.4 is 10.6 Å². The Hall–Kier alpha value is -1.59. The molecule has 21 heavy (non-hydrogen) atoms. The molecular formula is C15H31N3O3. The highest BCUT2D eigenvalue weighted by atomic mass is 16.2. The van der Waals surface area contributed by atoms with Crippen LogP contribution in [0.3, 0.4) is 0 Å². The molecule has 0 radical (unpaired) electrons. The summed E-state index contributed by atoms with van der Waals surface area (Å²) in [5, 5.41) is 5.16. The fraction of sp³-hybridized carbons (Fsp3) is 0.800. The number of rotatable bonds is 7. The van der Waals surface area contributed by atoms with Crippen LogP contribution in [0.15, 0.2) is 0 Å². The molecule has 6 heteroatoms. The molecule has 124 valence electrons. The predicted molar refractivity (Wildman–Crippen MR) is 84.7 cm³/mol. The minimum absolute atomic E-state index is 0.00884. The third-order valence-electron chi connectivity index (χ3n) is 2.33. The van der Waals surface area contributed by atoms with Crippen molar-refractivity contribution < 1.29 is 14.4 Å². The van der Waals surface area contributed by atoms with E-state index in [1.54, 1.807) is 0 Å². The van der Waals surface area contributed by atoms with Crippen molar-refractivity contribution in [2.24, 2.45) is 5.92 Å². The Morgan fingerprint density at radius 1 is 0.952 bits per heavy atom. The molecule has 0 aliphatic rings. The summed E-state index contributed by atoms with van der Waals surface area (Å²) in [5.74, 6) is -0.532. The van der Waals surface area contributed by atoms with Crippen LogP contribution in [0.4, 0.5) is 0 Å². The summed E-state index contributed by atoms with van der Waals surface area (Å²) in [4.78, 5) is 36.3. The number of hydrogen-bond acceptors (Lipinski definition) is 3. The predicted octanol–water partition coefficient (Wildman–Crippen LogP) is 1.16. The molecule has 0 fully saturated rings. The Labute approximate surface area is 128 Å². The molecule has 0 aliphatic heterocycles. The number of hydrogen-bond donors (Lipinski definition) is 2. The number of amides is 3. The van der Waals surface area contributed by atoms with Crippen LogP contribution in [-0.2, 0) is 14.4 Å². The Balaban J connectivity index is 0. The zero-order valence-electron chi connectivity index (χ0n) is 14.4. The molecule has 6 nitrogen and oxygen atoms in total. The van der Waals surface area contributed by atoms with Gasteiger partial charge < -0.3 is 15.5 Å². The van der Waals surface area contributed by atoms with E-state index in [1.165, 1.54) is 11.9 Å². The lowest BCUT2D eigenvalue weighted by atomic mass is 10.1. The fourth-order valence-corrected chi connectivity index (χ4v) is 1.50. The largest absolute Gasteiger partial charge is 0.358 e. The first-order valence-electron chi connectivity index (χ1n) is 7.54. The Kier molecular flexibility index (Phi) is 12.6. The quantitative estimate of drug-likeness (QED) is 0.740. The molecule has 0 rings (SSSR count). The molecule has 2 N–H and O–H groups in total. The third kappa shape index (κ3) is 11.9. The molecule has 0 aromatic rings. The molecule has 0 atom stereocenters. The van der Waals surface area contributed by atoms with Crippen molar-refractivity contribution in [3.63, 3.8) is 0 Å². The first kappa shape index (κ1) is 21.7. The summed E-state index contributed by atoms with van der Waals surface area (Å²) in [6.45, 7) is 11.4. The van der Waals surface area contributed by atoms with E-state index in [0.29, 0.717) is 6.42 Å². The van der Waals surface area contributed by atoms with Gasteiger partial charge in [0.15, 0.2) is 0 Å². The van der Waals surface area contributed by atoms with Gasteiger partial charge >= 0.3 is 0 Å². The van der Waals surface area contributed by atoms with Crippen molar-refractivity contribution >= 4 is 17.7 Å². The van der Waals surface area contributed by atoms with Gasteiger partial charge in [-0.1, -0.05) is 27.7 Å². The monoisotopic (exact) mass is 301 g/mol. The van der Waals surface area contributed by atoms with Crippen molar-refractivity contribution in [1.82, 2.24) is 15.5 Å². The van der Waals surface area contributed by atoms with Gasteiger partial charge in [-0.2, -0.15) is 0 Å². The zero-order chi connectivity index (χ0) is 17.0. The molecule has 0 unspecified atom stereocenters. The van der Waals surface area contributed by atoms with Crippen LogP contribution in [0.25, 0.3) is 0 Å². The molecule has 0 spiro atoms. The van der Waals surface area contributed by atoms with E-state index in [1.807, 2.05) is 41.5 Å². The highest BCUT2D eigenvalue weighted by Crippen LogP contribution is 2.04. The van der Waals surface area contributed by atoms with Crippen LogP contribution >= 0.6 is 0 Å². The number of likely N-dealkylation sites (N-methyl/N-ethyl adjacent to an activating group) is 1.